The normalized spacial score (nSPS) is 14.6. The summed E-state index contributed by atoms with van der Waals surface area (Å²) in [5, 5.41) is 3.44. The quantitative estimate of drug-likeness (QED) is 0.800. The molecule has 5 nitrogen and oxygen atoms in total. The monoisotopic (exact) mass is 402 g/mol. The number of carbonyl (C=O) groups is 1. The van der Waals surface area contributed by atoms with Gasteiger partial charge in [0.1, 0.15) is 5.75 Å². The summed E-state index contributed by atoms with van der Waals surface area (Å²) in [4.78, 5) is 14.4. The molecule has 150 valence electrons. The number of nitrogens with one attached hydrogen (secondary N) is 1. The van der Waals surface area contributed by atoms with Gasteiger partial charge in [0.25, 0.3) is 5.91 Å². The molecule has 0 radical (unpaired) electrons. The molecule has 3 rings (SSSR count). The number of halogens is 1. The number of morpholine rings is 1. The fourth-order valence-corrected chi connectivity index (χ4v) is 3.34. The van der Waals surface area contributed by atoms with Crippen LogP contribution in [-0.2, 0) is 14.9 Å². The van der Waals surface area contributed by atoms with Crippen molar-refractivity contribution in [3.8, 4) is 5.75 Å². The van der Waals surface area contributed by atoms with E-state index < -0.39 is 0 Å². The van der Waals surface area contributed by atoms with Gasteiger partial charge in [0.15, 0.2) is 6.61 Å². The van der Waals surface area contributed by atoms with Gasteiger partial charge in [-0.1, -0.05) is 44.5 Å². The van der Waals surface area contributed by atoms with E-state index in [4.69, 9.17) is 21.1 Å². The van der Waals surface area contributed by atoms with E-state index in [1.807, 2.05) is 36.4 Å². The Morgan fingerprint density at radius 3 is 2.43 bits per heavy atom. The Kier molecular flexibility index (Phi) is 6.47. The number of anilines is 2. The van der Waals surface area contributed by atoms with Crippen molar-refractivity contribution in [3.05, 3.63) is 53.1 Å². The number of carbonyl (C=O) groups excluding carboxylic acids is 1. The lowest BCUT2D eigenvalue weighted by Gasteiger charge is -2.29. The Hall–Kier alpha value is -2.24. The van der Waals surface area contributed by atoms with E-state index in [9.17, 15) is 4.79 Å². The van der Waals surface area contributed by atoms with Crippen LogP contribution < -0.4 is 15.0 Å². The van der Waals surface area contributed by atoms with Crippen molar-refractivity contribution < 1.29 is 14.3 Å². The first-order valence-corrected chi connectivity index (χ1v) is 9.86. The van der Waals surface area contributed by atoms with Gasteiger partial charge in [-0.05, 0) is 41.3 Å². The molecule has 0 bridgehead atoms. The largest absolute Gasteiger partial charge is 0.484 e. The number of hydrogen-bond acceptors (Lipinski definition) is 4. The highest BCUT2D eigenvalue weighted by molar-refractivity contribution is 6.33. The van der Waals surface area contributed by atoms with Gasteiger partial charge in [0.05, 0.1) is 23.9 Å². The molecule has 0 spiro atoms. The molecule has 0 saturated carbocycles. The van der Waals surface area contributed by atoms with Crippen LogP contribution in [0.15, 0.2) is 42.5 Å². The predicted octanol–water partition coefficient (Wildman–Crippen LogP) is 4.49. The molecule has 1 amide bonds. The minimum absolute atomic E-state index is 0.0578. The second-order valence-electron chi connectivity index (χ2n) is 7.88. The highest BCUT2D eigenvalue weighted by Crippen LogP contribution is 2.29. The summed E-state index contributed by atoms with van der Waals surface area (Å²) >= 11 is 6.41. The number of rotatable bonds is 5. The summed E-state index contributed by atoms with van der Waals surface area (Å²) in [5.41, 5.74) is 2.92. The van der Waals surface area contributed by atoms with E-state index >= 15 is 0 Å². The fourth-order valence-electron chi connectivity index (χ4n) is 3.04. The van der Waals surface area contributed by atoms with Crippen LogP contribution >= 0.6 is 11.6 Å². The lowest BCUT2D eigenvalue weighted by molar-refractivity contribution is -0.118. The van der Waals surface area contributed by atoms with Gasteiger partial charge in [0.2, 0.25) is 0 Å². The van der Waals surface area contributed by atoms with Crippen molar-refractivity contribution in [2.75, 3.05) is 43.1 Å². The van der Waals surface area contributed by atoms with Crippen LogP contribution in [-0.4, -0.2) is 38.8 Å². The smallest absolute Gasteiger partial charge is 0.262 e. The summed E-state index contributed by atoms with van der Waals surface area (Å²) in [5.74, 6) is 0.443. The van der Waals surface area contributed by atoms with E-state index in [0.29, 0.717) is 29.7 Å². The van der Waals surface area contributed by atoms with Crippen molar-refractivity contribution in [2.24, 2.45) is 0 Å². The molecule has 1 fully saturated rings. The Morgan fingerprint density at radius 1 is 1.14 bits per heavy atom. The fraction of sp³-hybridized carbons (Fsp3) is 0.409. The Balaban J connectivity index is 1.54. The highest BCUT2D eigenvalue weighted by atomic mass is 35.5. The van der Waals surface area contributed by atoms with E-state index in [2.05, 4.69) is 31.0 Å². The van der Waals surface area contributed by atoms with Crippen molar-refractivity contribution in [1.29, 1.82) is 0 Å². The summed E-state index contributed by atoms with van der Waals surface area (Å²) in [6.07, 6.45) is 0. The average molecular weight is 403 g/mol. The van der Waals surface area contributed by atoms with E-state index in [0.717, 1.165) is 18.8 Å². The SMILES string of the molecule is CC(C)(C)c1ccc(OCC(=O)Nc2ccc(N3CCOCC3)c(Cl)c2)cc1. The Morgan fingerprint density at radius 2 is 1.82 bits per heavy atom. The number of ether oxygens (including phenoxy) is 2. The van der Waals surface area contributed by atoms with Crippen molar-refractivity contribution in [1.82, 2.24) is 0 Å². The summed E-state index contributed by atoms with van der Waals surface area (Å²) in [6.45, 7) is 9.44. The molecule has 0 aliphatic carbocycles. The second kappa shape index (κ2) is 8.84. The van der Waals surface area contributed by atoms with Gasteiger partial charge in [-0.2, -0.15) is 0 Å². The minimum Gasteiger partial charge on any atom is -0.484 e. The lowest BCUT2D eigenvalue weighted by Crippen LogP contribution is -2.36. The zero-order valence-electron chi connectivity index (χ0n) is 16.6. The molecule has 1 aliphatic heterocycles. The third kappa shape index (κ3) is 5.40. The van der Waals surface area contributed by atoms with Crippen LogP contribution in [0.1, 0.15) is 26.3 Å². The molecule has 6 heteroatoms. The second-order valence-corrected chi connectivity index (χ2v) is 8.28. The van der Waals surface area contributed by atoms with E-state index in [1.54, 1.807) is 6.07 Å². The minimum atomic E-state index is -0.227. The van der Waals surface area contributed by atoms with Crippen LogP contribution in [0, 0.1) is 0 Å². The van der Waals surface area contributed by atoms with Gasteiger partial charge < -0.3 is 19.7 Å². The van der Waals surface area contributed by atoms with Crippen molar-refractivity contribution >= 4 is 28.9 Å². The molecule has 0 aromatic heterocycles. The van der Waals surface area contributed by atoms with E-state index in [-0.39, 0.29) is 17.9 Å². The summed E-state index contributed by atoms with van der Waals surface area (Å²) in [6, 6.07) is 13.4. The molecule has 0 atom stereocenters. The third-order valence-corrected chi connectivity index (χ3v) is 4.98. The topological polar surface area (TPSA) is 50.8 Å². The molecule has 2 aromatic carbocycles. The standard InChI is InChI=1S/C22H27ClN2O3/c1-22(2,3)16-4-7-18(8-5-16)28-15-21(26)24-17-6-9-20(19(23)14-17)25-10-12-27-13-11-25/h4-9,14H,10-13,15H2,1-3H3,(H,24,26). The van der Waals surface area contributed by atoms with Crippen LogP contribution in [0.3, 0.4) is 0 Å². The predicted molar refractivity (Wildman–Crippen MR) is 114 cm³/mol. The summed E-state index contributed by atoms with van der Waals surface area (Å²) in [7, 11) is 0. The van der Waals surface area contributed by atoms with Crippen molar-refractivity contribution in [2.45, 2.75) is 26.2 Å². The average Bonchev–Trinajstić information content (AvgIpc) is 2.67. The van der Waals surface area contributed by atoms with Gasteiger partial charge in [-0.3, -0.25) is 4.79 Å². The zero-order valence-corrected chi connectivity index (χ0v) is 17.4. The molecule has 1 N–H and O–H groups in total. The molecule has 0 unspecified atom stereocenters. The van der Waals surface area contributed by atoms with E-state index in [1.165, 1.54) is 5.56 Å². The Bertz CT molecular complexity index is 810. The van der Waals surface area contributed by atoms with Gasteiger partial charge >= 0.3 is 0 Å². The van der Waals surface area contributed by atoms with Gasteiger partial charge in [-0.25, -0.2) is 0 Å². The number of hydrogen-bond donors (Lipinski definition) is 1. The Labute approximate surface area is 171 Å². The third-order valence-electron chi connectivity index (χ3n) is 4.67. The molecule has 2 aromatic rings. The number of benzene rings is 2. The first-order valence-electron chi connectivity index (χ1n) is 9.48. The van der Waals surface area contributed by atoms with Crippen LogP contribution in [0.25, 0.3) is 0 Å². The maximum atomic E-state index is 12.2. The first kappa shape index (κ1) is 20.5. The number of amides is 1. The van der Waals surface area contributed by atoms with Crippen molar-refractivity contribution in [3.63, 3.8) is 0 Å². The molecular weight excluding hydrogens is 376 g/mol. The van der Waals surface area contributed by atoms with Gasteiger partial charge in [0, 0.05) is 18.8 Å². The first-order chi connectivity index (χ1) is 13.3. The van der Waals surface area contributed by atoms with Crippen LogP contribution in [0.5, 0.6) is 5.75 Å². The highest BCUT2D eigenvalue weighted by Gasteiger charge is 2.15. The molecule has 1 aliphatic rings. The molecule has 1 saturated heterocycles. The molecular formula is C22H27ClN2O3. The molecule has 1 heterocycles. The molecule has 28 heavy (non-hydrogen) atoms. The van der Waals surface area contributed by atoms with Crippen LogP contribution in [0.4, 0.5) is 11.4 Å². The summed E-state index contributed by atoms with van der Waals surface area (Å²) < 4.78 is 11.0. The maximum Gasteiger partial charge on any atom is 0.262 e. The van der Waals surface area contributed by atoms with Gasteiger partial charge in [-0.15, -0.1) is 0 Å². The zero-order chi connectivity index (χ0) is 20.1. The number of nitrogens with zero attached hydrogens (tertiary/aromatic N) is 1. The lowest BCUT2D eigenvalue weighted by atomic mass is 9.87. The maximum absolute atomic E-state index is 12.2. The van der Waals surface area contributed by atoms with Crippen LogP contribution in [0.2, 0.25) is 5.02 Å².